The van der Waals surface area contributed by atoms with Crippen LogP contribution in [0.5, 0.6) is 5.75 Å². The van der Waals surface area contributed by atoms with Crippen LogP contribution in [0.4, 0.5) is 0 Å². The summed E-state index contributed by atoms with van der Waals surface area (Å²) in [6.07, 6.45) is 0.888. The first-order valence-corrected chi connectivity index (χ1v) is 8.62. The van der Waals surface area contributed by atoms with Gasteiger partial charge in [0.1, 0.15) is 10.6 Å². The predicted octanol–water partition coefficient (Wildman–Crippen LogP) is 1.85. The number of aliphatic hydroxyl groups excluding tert-OH is 1. The molecule has 1 fully saturated rings. The molecule has 1 aromatic rings. The number of rotatable bonds is 5. The van der Waals surface area contributed by atoms with Crippen LogP contribution in [0.2, 0.25) is 0 Å². The van der Waals surface area contributed by atoms with E-state index < -0.39 is 10.0 Å². The van der Waals surface area contributed by atoms with Gasteiger partial charge < -0.3 is 9.84 Å². The van der Waals surface area contributed by atoms with Gasteiger partial charge in [0.2, 0.25) is 10.0 Å². The maximum Gasteiger partial charge on any atom is 0.246 e. The average molecular weight is 313 g/mol. The quantitative estimate of drug-likeness (QED) is 0.901. The van der Waals surface area contributed by atoms with Crippen LogP contribution < -0.4 is 4.74 Å². The molecule has 1 aliphatic rings. The van der Waals surface area contributed by atoms with Crippen LogP contribution in [-0.4, -0.2) is 38.0 Å². The third kappa shape index (κ3) is 3.22. The lowest BCUT2D eigenvalue weighted by Gasteiger charge is -2.20. The molecule has 1 atom stereocenters. The van der Waals surface area contributed by atoms with Crippen molar-refractivity contribution < 1.29 is 18.3 Å². The normalized spacial score (nSPS) is 20.1. The summed E-state index contributed by atoms with van der Waals surface area (Å²) in [6, 6.07) is 4.75. The molecule has 0 bridgehead atoms. The van der Waals surface area contributed by atoms with Crippen molar-refractivity contribution in [2.45, 2.75) is 31.8 Å². The molecule has 1 aliphatic heterocycles. The monoisotopic (exact) mass is 313 g/mol. The number of aliphatic hydroxyl groups is 1. The van der Waals surface area contributed by atoms with Crippen LogP contribution in [-0.2, 0) is 16.6 Å². The molecular formula is C15H23NO4S. The van der Waals surface area contributed by atoms with Gasteiger partial charge in [0, 0.05) is 13.1 Å². The zero-order chi connectivity index (χ0) is 15.6. The van der Waals surface area contributed by atoms with Gasteiger partial charge in [-0.25, -0.2) is 8.42 Å². The van der Waals surface area contributed by atoms with E-state index in [1.165, 1.54) is 17.5 Å². The van der Waals surface area contributed by atoms with Crippen molar-refractivity contribution in [3.05, 3.63) is 23.8 Å². The van der Waals surface area contributed by atoms with Gasteiger partial charge in [0.25, 0.3) is 0 Å². The second-order valence-electron chi connectivity index (χ2n) is 5.80. The molecule has 0 amide bonds. The highest BCUT2D eigenvalue weighted by molar-refractivity contribution is 7.89. The highest BCUT2D eigenvalue weighted by Gasteiger charge is 2.35. The van der Waals surface area contributed by atoms with E-state index in [9.17, 15) is 13.5 Å². The highest BCUT2D eigenvalue weighted by Crippen LogP contribution is 2.33. The SMILES string of the molecule is COc1ccc(CO)cc1S(=O)(=O)N1CCC(C(C)C)C1. The van der Waals surface area contributed by atoms with Crippen LogP contribution in [0, 0.1) is 11.8 Å². The van der Waals surface area contributed by atoms with E-state index in [4.69, 9.17) is 4.74 Å². The van der Waals surface area contributed by atoms with Gasteiger partial charge in [-0.05, 0) is 36.0 Å². The van der Waals surface area contributed by atoms with Gasteiger partial charge in [-0.2, -0.15) is 4.31 Å². The lowest BCUT2D eigenvalue weighted by atomic mass is 9.96. The minimum atomic E-state index is -3.58. The Morgan fingerprint density at radius 1 is 1.43 bits per heavy atom. The molecule has 0 radical (unpaired) electrons. The molecule has 1 unspecified atom stereocenters. The lowest BCUT2D eigenvalue weighted by molar-refractivity contribution is 0.281. The fourth-order valence-corrected chi connectivity index (χ4v) is 4.39. The summed E-state index contributed by atoms with van der Waals surface area (Å²) in [5.74, 6) is 1.18. The maximum absolute atomic E-state index is 12.8. The van der Waals surface area contributed by atoms with Crippen molar-refractivity contribution in [2.75, 3.05) is 20.2 Å². The second kappa shape index (κ2) is 6.34. The Bertz CT molecular complexity index is 598. The van der Waals surface area contributed by atoms with E-state index in [1.54, 1.807) is 12.1 Å². The Kier molecular flexibility index (Phi) is 4.91. The molecule has 118 valence electrons. The predicted molar refractivity (Wildman–Crippen MR) is 80.6 cm³/mol. The second-order valence-corrected chi connectivity index (χ2v) is 7.71. The summed E-state index contributed by atoms with van der Waals surface area (Å²) in [6.45, 7) is 5.13. The van der Waals surface area contributed by atoms with Crippen LogP contribution in [0.25, 0.3) is 0 Å². The average Bonchev–Trinajstić information content (AvgIpc) is 2.97. The standard InChI is InChI=1S/C15H23NO4S/c1-11(2)13-6-7-16(9-13)21(18,19)15-8-12(10-17)4-5-14(15)20-3/h4-5,8,11,13,17H,6-7,9-10H2,1-3H3. The molecule has 0 spiro atoms. The van der Waals surface area contributed by atoms with E-state index >= 15 is 0 Å². The molecule has 1 saturated heterocycles. The number of ether oxygens (including phenoxy) is 1. The Morgan fingerprint density at radius 2 is 2.14 bits per heavy atom. The maximum atomic E-state index is 12.8. The van der Waals surface area contributed by atoms with Crippen molar-refractivity contribution >= 4 is 10.0 Å². The molecule has 21 heavy (non-hydrogen) atoms. The van der Waals surface area contributed by atoms with Gasteiger partial charge in [-0.15, -0.1) is 0 Å². The fraction of sp³-hybridized carbons (Fsp3) is 0.600. The molecule has 0 aliphatic carbocycles. The molecule has 0 aromatic heterocycles. The summed E-state index contributed by atoms with van der Waals surface area (Å²) < 4.78 is 32.3. The molecule has 5 nitrogen and oxygen atoms in total. The molecule has 1 N–H and O–H groups in total. The molecule has 1 aromatic carbocycles. The van der Waals surface area contributed by atoms with Crippen LogP contribution in [0.3, 0.4) is 0 Å². The van der Waals surface area contributed by atoms with E-state index in [2.05, 4.69) is 13.8 Å². The molecule has 0 saturated carbocycles. The first-order chi connectivity index (χ1) is 9.90. The van der Waals surface area contributed by atoms with Crippen LogP contribution >= 0.6 is 0 Å². The van der Waals surface area contributed by atoms with Crippen molar-refractivity contribution in [2.24, 2.45) is 11.8 Å². The van der Waals surface area contributed by atoms with Crippen molar-refractivity contribution in [3.63, 3.8) is 0 Å². The van der Waals surface area contributed by atoms with Crippen molar-refractivity contribution in [3.8, 4) is 5.75 Å². The van der Waals surface area contributed by atoms with Gasteiger partial charge >= 0.3 is 0 Å². The third-order valence-corrected chi connectivity index (χ3v) is 6.05. The number of hydrogen-bond acceptors (Lipinski definition) is 4. The van der Waals surface area contributed by atoms with Gasteiger partial charge in [-0.3, -0.25) is 0 Å². The van der Waals surface area contributed by atoms with Gasteiger partial charge in [0.05, 0.1) is 13.7 Å². The Hall–Kier alpha value is -1.11. The largest absolute Gasteiger partial charge is 0.495 e. The Morgan fingerprint density at radius 3 is 2.67 bits per heavy atom. The topological polar surface area (TPSA) is 66.8 Å². The molecular weight excluding hydrogens is 290 g/mol. The summed E-state index contributed by atoms with van der Waals surface area (Å²) in [5, 5.41) is 9.22. The van der Waals surface area contributed by atoms with Crippen LogP contribution in [0.15, 0.2) is 23.1 Å². The summed E-state index contributed by atoms with van der Waals surface area (Å²) in [7, 11) is -2.13. The molecule has 1 heterocycles. The minimum absolute atomic E-state index is 0.140. The third-order valence-electron chi connectivity index (χ3n) is 4.16. The van der Waals surface area contributed by atoms with E-state index in [-0.39, 0.29) is 11.5 Å². The Balaban J connectivity index is 2.36. The first-order valence-electron chi connectivity index (χ1n) is 7.18. The number of nitrogens with zero attached hydrogens (tertiary/aromatic N) is 1. The van der Waals surface area contributed by atoms with Gasteiger partial charge in [0.15, 0.2) is 0 Å². The van der Waals surface area contributed by atoms with E-state index in [0.29, 0.717) is 36.2 Å². The minimum Gasteiger partial charge on any atom is -0.495 e. The summed E-state index contributed by atoms with van der Waals surface area (Å²) in [4.78, 5) is 0.140. The summed E-state index contributed by atoms with van der Waals surface area (Å²) in [5.41, 5.74) is 0.564. The highest BCUT2D eigenvalue weighted by atomic mass is 32.2. The van der Waals surface area contributed by atoms with Crippen molar-refractivity contribution in [1.82, 2.24) is 4.31 Å². The van der Waals surface area contributed by atoms with Crippen LogP contribution in [0.1, 0.15) is 25.8 Å². The number of benzene rings is 1. The Labute approximate surface area is 126 Å². The number of hydrogen-bond donors (Lipinski definition) is 1. The summed E-state index contributed by atoms with van der Waals surface area (Å²) >= 11 is 0. The first kappa shape index (κ1) is 16.3. The zero-order valence-electron chi connectivity index (χ0n) is 12.7. The smallest absolute Gasteiger partial charge is 0.246 e. The number of methoxy groups -OCH3 is 1. The molecule has 6 heteroatoms. The zero-order valence-corrected chi connectivity index (χ0v) is 13.6. The fourth-order valence-electron chi connectivity index (χ4n) is 2.68. The number of sulfonamides is 1. The van der Waals surface area contributed by atoms with Crippen molar-refractivity contribution in [1.29, 1.82) is 0 Å². The molecule has 2 rings (SSSR count). The van der Waals surface area contributed by atoms with E-state index in [0.717, 1.165) is 6.42 Å². The lowest BCUT2D eigenvalue weighted by Crippen LogP contribution is -2.30. The van der Waals surface area contributed by atoms with E-state index in [1.807, 2.05) is 0 Å². The van der Waals surface area contributed by atoms with Gasteiger partial charge in [-0.1, -0.05) is 19.9 Å².